The molecule has 0 atom stereocenters. The minimum Gasteiger partial charge on any atom is -0.444 e. The summed E-state index contributed by atoms with van der Waals surface area (Å²) in [5.41, 5.74) is 0.0975. The molecule has 230 valence electrons. The Hall–Kier alpha value is -3.77. The number of benzene rings is 1. The predicted molar refractivity (Wildman–Crippen MR) is 155 cm³/mol. The molecule has 42 heavy (non-hydrogen) atoms. The standard InChI is InChI=1S/C29H40F3N7O3/c1-28(2,3)42-27(41)39-17-7-16-37(18-19-39)22-11-9-21(10-12-22)35-26-34-20-23(29(30,31)32)25(36-26)33-13-6-15-38-14-5-4-8-24(38)40/h9-12,20H,4-8,13-19H2,1-3H3,(H2,33,34,35,36). The monoisotopic (exact) mass is 591 g/mol. The minimum absolute atomic E-state index is 0.0345. The first kappa shape index (κ1) is 31.2. The Morgan fingerprint density at radius 1 is 1.00 bits per heavy atom. The van der Waals surface area contributed by atoms with Crippen LogP contribution in [0.5, 0.6) is 0 Å². The first-order valence-electron chi connectivity index (χ1n) is 14.4. The molecule has 4 rings (SSSR count). The molecule has 2 fully saturated rings. The molecule has 3 heterocycles. The highest BCUT2D eigenvalue weighted by Gasteiger charge is 2.35. The van der Waals surface area contributed by atoms with Gasteiger partial charge in [-0.1, -0.05) is 0 Å². The Labute approximate surface area is 244 Å². The molecule has 10 nitrogen and oxygen atoms in total. The van der Waals surface area contributed by atoms with Crippen molar-refractivity contribution < 1.29 is 27.5 Å². The van der Waals surface area contributed by atoms with E-state index < -0.39 is 17.3 Å². The molecule has 0 spiro atoms. The van der Waals surface area contributed by atoms with Crippen LogP contribution in [0.15, 0.2) is 30.5 Å². The molecule has 0 saturated carbocycles. The van der Waals surface area contributed by atoms with E-state index in [-0.39, 0.29) is 30.3 Å². The molecule has 0 bridgehead atoms. The Balaban J connectivity index is 1.35. The van der Waals surface area contributed by atoms with E-state index in [0.29, 0.717) is 51.3 Å². The van der Waals surface area contributed by atoms with Gasteiger partial charge in [0, 0.05) is 69.8 Å². The summed E-state index contributed by atoms with van der Waals surface area (Å²) in [6.45, 7) is 9.53. The lowest BCUT2D eigenvalue weighted by atomic mass is 10.1. The second-order valence-electron chi connectivity index (χ2n) is 11.6. The second kappa shape index (κ2) is 13.5. The quantitative estimate of drug-likeness (QED) is 0.388. The molecular weight excluding hydrogens is 551 g/mol. The number of aromatic nitrogens is 2. The largest absolute Gasteiger partial charge is 0.444 e. The molecule has 13 heteroatoms. The highest BCUT2D eigenvalue weighted by atomic mass is 19.4. The Morgan fingerprint density at radius 3 is 2.45 bits per heavy atom. The van der Waals surface area contributed by atoms with Gasteiger partial charge in [0.25, 0.3) is 0 Å². The number of amides is 2. The van der Waals surface area contributed by atoms with Gasteiger partial charge in [0.2, 0.25) is 11.9 Å². The van der Waals surface area contributed by atoms with E-state index in [9.17, 15) is 22.8 Å². The van der Waals surface area contributed by atoms with E-state index in [1.165, 1.54) is 0 Å². The molecule has 2 aliphatic heterocycles. The zero-order valence-corrected chi connectivity index (χ0v) is 24.5. The van der Waals surface area contributed by atoms with Crippen LogP contribution in [-0.2, 0) is 15.7 Å². The lowest BCUT2D eigenvalue weighted by Crippen LogP contribution is -2.39. The summed E-state index contributed by atoms with van der Waals surface area (Å²) in [4.78, 5) is 38.1. The zero-order chi connectivity index (χ0) is 30.3. The fourth-order valence-corrected chi connectivity index (χ4v) is 4.93. The number of likely N-dealkylation sites (tertiary alicyclic amines) is 1. The Bertz CT molecular complexity index is 1220. The van der Waals surface area contributed by atoms with E-state index in [0.717, 1.165) is 37.7 Å². The van der Waals surface area contributed by atoms with Crippen LogP contribution in [0.25, 0.3) is 0 Å². The van der Waals surface area contributed by atoms with Gasteiger partial charge in [-0.25, -0.2) is 9.78 Å². The zero-order valence-electron chi connectivity index (χ0n) is 24.5. The van der Waals surface area contributed by atoms with Gasteiger partial charge in [0.15, 0.2) is 0 Å². The summed E-state index contributed by atoms with van der Waals surface area (Å²) in [7, 11) is 0. The van der Waals surface area contributed by atoms with Gasteiger partial charge in [-0.15, -0.1) is 0 Å². The fourth-order valence-electron chi connectivity index (χ4n) is 4.93. The number of halogens is 3. The van der Waals surface area contributed by atoms with Gasteiger partial charge in [0.1, 0.15) is 17.0 Å². The molecule has 0 unspecified atom stereocenters. The van der Waals surface area contributed by atoms with Crippen molar-refractivity contribution >= 4 is 35.1 Å². The number of hydrogen-bond donors (Lipinski definition) is 2. The van der Waals surface area contributed by atoms with Gasteiger partial charge in [0.05, 0.1) is 0 Å². The maximum absolute atomic E-state index is 13.6. The van der Waals surface area contributed by atoms with E-state index in [1.807, 2.05) is 45.0 Å². The summed E-state index contributed by atoms with van der Waals surface area (Å²) in [5, 5.41) is 5.78. The van der Waals surface area contributed by atoms with Gasteiger partial charge in [-0.3, -0.25) is 4.79 Å². The SMILES string of the molecule is CC(C)(C)OC(=O)N1CCCN(c2ccc(Nc3ncc(C(F)(F)F)c(NCCCN4CCCCC4=O)n3)cc2)CC1. The van der Waals surface area contributed by atoms with Crippen molar-refractivity contribution in [3.63, 3.8) is 0 Å². The summed E-state index contributed by atoms with van der Waals surface area (Å²) < 4.78 is 46.4. The van der Waals surface area contributed by atoms with Crippen LogP contribution < -0.4 is 15.5 Å². The average molecular weight is 592 g/mol. The summed E-state index contributed by atoms with van der Waals surface area (Å²) in [6.07, 6.45) is -0.499. The number of rotatable bonds is 8. The van der Waals surface area contributed by atoms with Crippen LogP contribution >= 0.6 is 0 Å². The molecule has 1 aromatic carbocycles. The van der Waals surface area contributed by atoms with Gasteiger partial charge in [-0.2, -0.15) is 18.2 Å². The third-order valence-electron chi connectivity index (χ3n) is 7.05. The predicted octanol–water partition coefficient (Wildman–Crippen LogP) is 5.50. The van der Waals surface area contributed by atoms with Crippen molar-refractivity contribution in [3.05, 3.63) is 36.0 Å². The number of alkyl halides is 3. The number of carbonyl (C=O) groups is 2. The second-order valence-corrected chi connectivity index (χ2v) is 11.6. The average Bonchev–Trinajstić information content (AvgIpc) is 3.18. The molecule has 2 amide bonds. The highest BCUT2D eigenvalue weighted by molar-refractivity contribution is 5.76. The number of carbonyl (C=O) groups excluding carboxylic acids is 2. The van der Waals surface area contributed by atoms with E-state index in [2.05, 4.69) is 25.5 Å². The molecule has 0 aliphatic carbocycles. The van der Waals surface area contributed by atoms with Crippen LogP contribution in [0.3, 0.4) is 0 Å². The van der Waals surface area contributed by atoms with Crippen molar-refractivity contribution in [1.82, 2.24) is 19.8 Å². The van der Waals surface area contributed by atoms with Crippen LogP contribution in [0.4, 0.5) is 41.1 Å². The summed E-state index contributed by atoms with van der Waals surface area (Å²) in [6, 6.07) is 7.46. The minimum atomic E-state index is -4.61. The van der Waals surface area contributed by atoms with Crippen LogP contribution in [0.2, 0.25) is 0 Å². The molecule has 2 aliphatic rings. The highest BCUT2D eigenvalue weighted by Crippen LogP contribution is 2.34. The number of hydrogen-bond acceptors (Lipinski definition) is 8. The van der Waals surface area contributed by atoms with Crippen molar-refractivity contribution in [2.45, 2.75) is 64.7 Å². The Kier molecular flexibility index (Phi) is 10.00. The van der Waals surface area contributed by atoms with Crippen molar-refractivity contribution in [2.24, 2.45) is 0 Å². The van der Waals surface area contributed by atoms with E-state index >= 15 is 0 Å². The van der Waals surface area contributed by atoms with Crippen molar-refractivity contribution in [2.75, 3.05) is 61.3 Å². The van der Waals surface area contributed by atoms with Crippen LogP contribution in [0, 0.1) is 0 Å². The Morgan fingerprint density at radius 2 is 1.76 bits per heavy atom. The summed E-state index contributed by atoms with van der Waals surface area (Å²) >= 11 is 0. The van der Waals surface area contributed by atoms with Gasteiger partial charge < -0.3 is 30.1 Å². The van der Waals surface area contributed by atoms with Gasteiger partial charge in [-0.05, 0) is 70.7 Å². The molecule has 2 saturated heterocycles. The van der Waals surface area contributed by atoms with E-state index in [1.54, 1.807) is 9.80 Å². The molecule has 1 aromatic heterocycles. The third-order valence-corrected chi connectivity index (χ3v) is 7.05. The topological polar surface area (TPSA) is 103 Å². The van der Waals surface area contributed by atoms with Crippen LogP contribution in [0.1, 0.15) is 58.4 Å². The fraction of sp³-hybridized carbons (Fsp3) is 0.586. The number of nitrogens with one attached hydrogen (secondary N) is 2. The van der Waals surface area contributed by atoms with Crippen LogP contribution in [-0.4, -0.2) is 83.2 Å². The van der Waals surface area contributed by atoms with Crippen molar-refractivity contribution in [3.8, 4) is 0 Å². The molecular formula is C29H40F3N7O3. The number of nitrogens with zero attached hydrogens (tertiary/aromatic N) is 5. The molecule has 2 aromatic rings. The normalized spacial score (nSPS) is 16.7. The van der Waals surface area contributed by atoms with Gasteiger partial charge >= 0.3 is 12.3 Å². The lowest BCUT2D eigenvalue weighted by molar-refractivity contribution is -0.137. The van der Waals surface area contributed by atoms with Crippen molar-refractivity contribution in [1.29, 1.82) is 0 Å². The summed E-state index contributed by atoms with van der Waals surface area (Å²) in [5.74, 6) is -0.177. The first-order valence-corrected chi connectivity index (χ1v) is 14.4. The maximum atomic E-state index is 13.6. The first-order chi connectivity index (χ1) is 19.9. The maximum Gasteiger partial charge on any atom is 0.421 e. The lowest BCUT2D eigenvalue weighted by Gasteiger charge is -2.27. The number of piperidine rings is 1. The molecule has 2 N–H and O–H groups in total. The number of anilines is 4. The smallest absolute Gasteiger partial charge is 0.421 e. The van der Waals surface area contributed by atoms with E-state index in [4.69, 9.17) is 4.74 Å². The third kappa shape index (κ3) is 8.86. The number of ether oxygens (including phenoxy) is 1. The molecule has 0 radical (unpaired) electrons.